The molecule has 0 spiro atoms. The van der Waals surface area contributed by atoms with Crippen molar-refractivity contribution in [3.05, 3.63) is 32.3 Å². The number of aryl methyl sites for hydroxylation is 1. The Bertz CT molecular complexity index is 537. The van der Waals surface area contributed by atoms with Crippen molar-refractivity contribution in [2.45, 2.75) is 50.7 Å². The Balaban J connectivity index is 1.77. The van der Waals surface area contributed by atoms with E-state index in [4.69, 9.17) is 0 Å². The lowest BCUT2D eigenvalue weighted by Crippen LogP contribution is -2.43. The minimum atomic E-state index is -0.339. The van der Waals surface area contributed by atoms with Crippen LogP contribution in [0.5, 0.6) is 0 Å². The third-order valence-corrected chi connectivity index (χ3v) is 4.97. The lowest BCUT2D eigenvalue weighted by atomic mass is 9.99. The van der Waals surface area contributed by atoms with Crippen LogP contribution in [0.2, 0.25) is 0 Å². The molecule has 108 valence electrons. The first-order valence-electron chi connectivity index (χ1n) is 7.00. The molecule has 5 nitrogen and oxygen atoms in total. The summed E-state index contributed by atoms with van der Waals surface area (Å²) in [5.74, 6) is 0. The van der Waals surface area contributed by atoms with Crippen LogP contribution in [0.15, 0.2) is 16.6 Å². The number of rotatable bonds is 3. The molecule has 0 saturated carbocycles. The summed E-state index contributed by atoms with van der Waals surface area (Å²) in [6.45, 7) is 1.78. The number of hydrogen-bond donors (Lipinski definition) is 2. The summed E-state index contributed by atoms with van der Waals surface area (Å²) < 4.78 is 0.765. The summed E-state index contributed by atoms with van der Waals surface area (Å²) in [6, 6.07) is 5.17. The van der Waals surface area contributed by atoms with Crippen LogP contribution in [-0.2, 0) is 0 Å². The van der Waals surface area contributed by atoms with Crippen molar-refractivity contribution >= 4 is 27.3 Å². The number of nitro groups is 1. The Labute approximate surface area is 126 Å². The van der Waals surface area contributed by atoms with Crippen molar-refractivity contribution in [3.8, 4) is 0 Å². The van der Waals surface area contributed by atoms with Crippen molar-refractivity contribution in [2.24, 2.45) is 0 Å². The lowest BCUT2D eigenvalue weighted by molar-refractivity contribution is -0.385. The lowest BCUT2D eigenvalue weighted by Gasteiger charge is -2.30. The summed E-state index contributed by atoms with van der Waals surface area (Å²) >= 11 is 3.44. The van der Waals surface area contributed by atoms with Gasteiger partial charge in [0, 0.05) is 39.9 Å². The van der Waals surface area contributed by atoms with Gasteiger partial charge in [0.25, 0.3) is 5.69 Å². The van der Waals surface area contributed by atoms with Crippen LogP contribution in [0.4, 0.5) is 11.4 Å². The number of hydrogen-bond acceptors (Lipinski definition) is 4. The maximum atomic E-state index is 10.9. The molecule has 2 bridgehead atoms. The Morgan fingerprint density at radius 2 is 2.00 bits per heavy atom. The van der Waals surface area contributed by atoms with E-state index in [1.54, 1.807) is 13.0 Å². The van der Waals surface area contributed by atoms with Crippen LogP contribution in [0.25, 0.3) is 0 Å². The van der Waals surface area contributed by atoms with Crippen LogP contribution >= 0.6 is 15.9 Å². The van der Waals surface area contributed by atoms with Crippen LogP contribution in [0.3, 0.4) is 0 Å². The van der Waals surface area contributed by atoms with Gasteiger partial charge in [0.2, 0.25) is 0 Å². The highest BCUT2D eigenvalue weighted by Gasteiger charge is 2.33. The average Bonchev–Trinajstić information content (AvgIpc) is 2.72. The van der Waals surface area contributed by atoms with E-state index >= 15 is 0 Å². The molecule has 3 rings (SSSR count). The zero-order valence-corrected chi connectivity index (χ0v) is 12.9. The number of benzene rings is 1. The predicted octanol–water partition coefficient (Wildman–Crippen LogP) is 3.36. The molecule has 2 fully saturated rings. The molecule has 2 N–H and O–H groups in total. The quantitative estimate of drug-likeness (QED) is 0.654. The molecule has 2 atom stereocenters. The van der Waals surface area contributed by atoms with E-state index in [0.717, 1.165) is 23.0 Å². The largest absolute Gasteiger partial charge is 0.381 e. The SMILES string of the molecule is Cc1cc(NC2CC3CCC(C2)N3)c(Br)cc1[N+](=O)[O-]. The monoisotopic (exact) mass is 339 g/mol. The Morgan fingerprint density at radius 1 is 1.35 bits per heavy atom. The fourth-order valence-corrected chi connectivity index (χ4v) is 3.82. The molecule has 1 aromatic carbocycles. The molecular weight excluding hydrogens is 322 g/mol. The van der Waals surface area contributed by atoms with Gasteiger partial charge in [-0.05, 0) is 54.6 Å². The number of nitrogens with zero attached hydrogens (tertiary/aromatic N) is 1. The molecule has 2 heterocycles. The smallest absolute Gasteiger partial charge is 0.273 e. The van der Waals surface area contributed by atoms with Crippen LogP contribution < -0.4 is 10.6 Å². The Kier molecular flexibility index (Phi) is 3.69. The van der Waals surface area contributed by atoms with Gasteiger partial charge in [0.1, 0.15) is 0 Å². The van der Waals surface area contributed by atoms with Gasteiger partial charge in [0.05, 0.1) is 4.92 Å². The Morgan fingerprint density at radius 3 is 2.60 bits per heavy atom. The summed E-state index contributed by atoms with van der Waals surface area (Å²) in [5, 5.41) is 18.1. The second-order valence-electron chi connectivity index (χ2n) is 5.83. The van der Waals surface area contributed by atoms with Crippen molar-refractivity contribution < 1.29 is 4.92 Å². The topological polar surface area (TPSA) is 67.2 Å². The van der Waals surface area contributed by atoms with Gasteiger partial charge in [-0.3, -0.25) is 10.1 Å². The average molecular weight is 340 g/mol. The standard InChI is InChI=1S/C14H18BrN3O2/c1-8-4-13(12(15)7-14(8)18(19)20)17-11-5-9-2-3-10(6-11)16-9/h4,7,9-11,16-17H,2-3,5-6H2,1H3. The molecule has 2 aliphatic heterocycles. The van der Waals surface area contributed by atoms with E-state index in [0.29, 0.717) is 23.7 Å². The van der Waals surface area contributed by atoms with E-state index in [2.05, 4.69) is 26.6 Å². The maximum absolute atomic E-state index is 10.9. The third kappa shape index (κ3) is 2.67. The van der Waals surface area contributed by atoms with Crippen molar-refractivity contribution in [2.75, 3.05) is 5.32 Å². The Hall–Kier alpha value is -1.14. The zero-order valence-electron chi connectivity index (χ0n) is 11.4. The van der Waals surface area contributed by atoms with Crippen LogP contribution in [0, 0.1) is 17.0 Å². The van der Waals surface area contributed by atoms with E-state index in [-0.39, 0.29) is 10.6 Å². The van der Waals surface area contributed by atoms with Gasteiger partial charge in [-0.1, -0.05) is 0 Å². The molecule has 2 saturated heterocycles. The van der Waals surface area contributed by atoms with Gasteiger partial charge in [-0.2, -0.15) is 0 Å². The fraction of sp³-hybridized carbons (Fsp3) is 0.571. The van der Waals surface area contributed by atoms with E-state index in [9.17, 15) is 10.1 Å². The molecule has 0 amide bonds. The van der Waals surface area contributed by atoms with Gasteiger partial charge < -0.3 is 10.6 Å². The maximum Gasteiger partial charge on any atom is 0.273 e. The molecule has 0 radical (unpaired) electrons. The molecule has 20 heavy (non-hydrogen) atoms. The van der Waals surface area contributed by atoms with Crippen molar-refractivity contribution in [1.29, 1.82) is 0 Å². The summed E-state index contributed by atoms with van der Waals surface area (Å²) in [7, 11) is 0. The van der Waals surface area contributed by atoms with Crippen molar-refractivity contribution in [3.63, 3.8) is 0 Å². The molecule has 1 aromatic rings. The zero-order chi connectivity index (χ0) is 14.3. The number of nitro benzene ring substituents is 1. The van der Waals surface area contributed by atoms with Crippen molar-refractivity contribution in [1.82, 2.24) is 5.32 Å². The number of nitrogens with one attached hydrogen (secondary N) is 2. The summed E-state index contributed by atoms with van der Waals surface area (Å²) in [6.07, 6.45) is 4.78. The fourth-order valence-electron chi connectivity index (χ4n) is 3.37. The molecule has 6 heteroatoms. The van der Waals surface area contributed by atoms with Crippen LogP contribution in [0.1, 0.15) is 31.2 Å². The minimum absolute atomic E-state index is 0.160. The van der Waals surface area contributed by atoms with Gasteiger partial charge in [-0.15, -0.1) is 0 Å². The highest BCUT2D eigenvalue weighted by molar-refractivity contribution is 9.10. The number of halogens is 1. The minimum Gasteiger partial charge on any atom is -0.381 e. The molecule has 0 aromatic heterocycles. The normalized spacial score (nSPS) is 28.4. The second-order valence-corrected chi connectivity index (χ2v) is 6.68. The predicted molar refractivity (Wildman–Crippen MR) is 82.1 cm³/mol. The first kappa shape index (κ1) is 13.8. The molecular formula is C14H18BrN3O2. The molecule has 2 unspecified atom stereocenters. The van der Waals surface area contributed by atoms with Gasteiger partial charge in [0.15, 0.2) is 0 Å². The highest BCUT2D eigenvalue weighted by atomic mass is 79.9. The van der Waals surface area contributed by atoms with E-state index < -0.39 is 0 Å². The van der Waals surface area contributed by atoms with Gasteiger partial charge in [-0.25, -0.2) is 0 Å². The van der Waals surface area contributed by atoms with E-state index in [1.165, 1.54) is 12.8 Å². The third-order valence-electron chi connectivity index (χ3n) is 4.32. The first-order chi connectivity index (χ1) is 9.52. The molecule has 0 aliphatic carbocycles. The van der Waals surface area contributed by atoms with E-state index in [1.807, 2.05) is 6.07 Å². The second kappa shape index (κ2) is 5.33. The van der Waals surface area contributed by atoms with Gasteiger partial charge >= 0.3 is 0 Å². The number of piperidine rings is 1. The highest BCUT2D eigenvalue weighted by Crippen LogP contribution is 2.34. The first-order valence-corrected chi connectivity index (χ1v) is 7.79. The van der Waals surface area contributed by atoms with Crippen LogP contribution in [-0.4, -0.2) is 23.0 Å². The summed E-state index contributed by atoms with van der Waals surface area (Å²) in [4.78, 5) is 10.6. The molecule has 2 aliphatic rings. The number of fused-ring (bicyclic) bond motifs is 2. The number of anilines is 1. The summed E-state index contributed by atoms with van der Waals surface area (Å²) in [5.41, 5.74) is 1.81.